The number of nitrogens with zero attached hydrogens (tertiary/aromatic N) is 1. The molecular formula is C21H18N2O5S3. The van der Waals surface area contributed by atoms with E-state index >= 15 is 0 Å². The molecule has 1 atom stereocenters. The van der Waals surface area contributed by atoms with Crippen molar-refractivity contribution in [1.82, 2.24) is 4.57 Å². The normalized spacial score (nSPS) is 16.4. The van der Waals surface area contributed by atoms with Crippen LogP contribution < -0.4 is 20.5 Å². The van der Waals surface area contributed by atoms with E-state index in [-0.39, 0.29) is 23.6 Å². The molecule has 1 aliphatic rings. The summed E-state index contributed by atoms with van der Waals surface area (Å²) < 4.78 is 12.3. The van der Waals surface area contributed by atoms with Gasteiger partial charge in [-0.1, -0.05) is 12.1 Å². The summed E-state index contributed by atoms with van der Waals surface area (Å²) in [6.07, 6.45) is 1.75. The highest BCUT2D eigenvalue weighted by molar-refractivity contribution is 7.11. The zero-order valence-corrected chi connectivity index (χ0v) is 19.1. The van der Waals surface area contributed by atoms with Crippen LogP contribution >= 0.6 is 34.0 Å². The van der Waals surface area contributed by atoms with Crippen LogP contribution in [0.1, 0.15) is 22.6 Å². The van der Waals surface area contributed by atoms with Crippen molar-refractivity contribution >= 4 is 63.4 Å². The molecule has 0 bridgehead atoms. The zero-order valence-electron chi connectivity index (χ0n) is 16.6. The smallest absolute Gasteiger partial charge is 0.338 e. The van der Waals surface area contributed by atoms with Gasteiger partial charge in [-0.2, -0.15) is 0 Å². The van der Waals surface area contributed by atoms with Crippen molar-refractivity contribution in [2.75, 3.05) is 13.7 Å². The molecule has 7 nitrogen and oxygen atoms in total. The summed E-state index contributed by atoms with van der Waals surface area (Å²) in [6, 6.07) is 7.40. The largest absolute Gasteiger partial charge is 0.466 e. The summed E-state index contributed by atoms with van der Waals surface area (Å²) in [5.74, 6) is -2.14. The van der Waals surface area contributed by atoms with Gasteiger partial charge in [-0.3, -0.25) is 9.36 Å². The van der Waals surface area contributed by atoms with Gasteiger partial charge in [-0.25, -0.2) is 9.59 Å². The molecule has 4 heterocycles. The quantitative estimate of drug-likeness (QED) is 0.565. The summed E-state index contributed by atoms with van der Waals surface area (Å²) in [7, 11) is 1.24. The van der Waals surface area contributed by atoms with E-state index in [1.54, 1.807) is 13.0 Å². The van der Waals surface area contributed by atoms with E-state index in [2.05, 4.69) is 0 Å². The van der Waals surface area contributed by atoms with Crippen molar-refractivity contribution in [3.63, 3.8) is 0 Å². The lowest BCUT2D eigenvalue weighted by molar-refractivity contribution is -0.136. The maximum absolute atomic E-state index is 13.2. The number of thiophene rings is 2. The Labute approximate surface area is 189 Å². The number of esters is 2. The zero-order chi connectivity index (χ0) is 22.1. The van der Waals surface area contributed by atoms with Crippen molar-refractivity contribution in [3.8, 4) is 0 Å². The third-order valence-corrected chi connectivity index (χ3v) is 7.56. The number of carbonyl (C=O) groups excluding carboxylic acids is 2. The number of aromatic nitrogens is 1. The van der Waals surface area contributed by atoms with Gasteiger partial charge in [0, 0.05) is 9.75 Å². The van der Waals surface area contributed by atoms with Crippen LogP contribution in [0, 0.1) is 0 Å². The fraction of sp³-hybridized carbons (Fsp3) is 0.190. The second kappa shape index (κ2) is 8.66. The van der Waals surface area contributed by atoms with Crippen LogP contribution in [0.4, 0.5) is 0 Å². The number of carbonyl (C=O) groups is 2. The molecule has 0 fully saturated rings. The highest BCUT2D eigenvalue weighted by Crippen LogP contribution is 2.39. The van der Waals surface area contributed by atoms with Gasteiger partial charge in [0.25, 0.3) is 5.56 Å². The van der Waals surface area contributed by atoms with E-state index in [0.717, 1.165) is 21.1 Å². The molecule has 10 heteroatoms. The van der Waals surface area contributed by atoms with Gasteiger partial charge in [0.1, 0.15) is 10.5 Å². The van der Waals surface area contributed by atoms with Crippen LogP contribution in [0.15, 0.2) is 45.4 Å². The van der Waals surface area contributed by atoms with Crippen molar-refractivity contribution in [2.24, 2.45) is 5.73 Å². The molecule has 2 N–H and O–H groups in total. The number of fused-ring (bicyclic) bond motifs is 1. The SMILES string of the molecule is CCOC(=O)C1=c2s/c(=C/c3cccs3)c(=O)n2C(N)=C(C(=O)OC)[C@@H]1c1cccs1. The Morgan fingerprint density at radius 3 is 2.52 bits per heavy atom. The molecule has 0 unspecified atom stereocenters. The lowest BCUT2D eigenvalue weighted by atomic mass is 9.88. The van der Waals surface area contributed by atoms with E-state index < -0.39 is 23.4 Å². The van der Waals surface area contributed by atoms with Crippen LogP contribution in [-0.4, -0.2) is 30.2 Å². The van der Waals surface area contributed by atoms with Crippen LogP contribution in [0.5, 0.6) is 0 Å². The summed E-state index contributed by atoms with van der Waals surface area (Å²) in [6.45, 7) is 1.85. The molecule has 3 aromatic heterocycles. The summed E-state index contributed by atoms with van der Waals surface area (Å²) in [5, 5.41) is 3.75. The number of hydrogen-bond acceptors (Lipinski definition) is 9. The molecule has 4 rings (SSSR count). The molecule has 0 radical (unpaired) electrons. The first-order valence-electron chi connectivity index (χ1n) is 9.28. The first-order chi connectivity index (χ1) is 15.0. The standard InChI is InChI=1S/C21H18N2O5S3/c1-3-28-21(26)16-14(12-7-5-9-30-12)15(20(25)27-2)17(22)23-18(24)13(31-19(16)23)10-11-6-4-8-29-11/h4-10,14H,3,22H2,1-2H3/b13-10+/t14-/m0/s1. The Bertz CT molecular complexity index is 1340. The predicted octanol–water partition coefficient (Wildman–Crippen LogP) is 1.67. The van der Waals surface area contributed by atoms with E-state index in [1.165, 1.54) is 34.4 Å². The molecule has 3 aromatic rings. The summed E-state index contributed by atoms with van der Waals surface area (Å²) in [4.78, 5) is 40.7. The number of rotatable bonds is 5. The fourth-order valence-electron chi connectivity index (χ4n) is 3.41. The van der Waals surface area contributed by atoms with Gasteiger partial charge < -0.3 is 15.2 Å². The van der Waals surface area contributed by atoms with Gasteiger partial charge in [0.15, 0.2) is 0 Å². The molecule has 0 aromatic carbocycles. The average molecular weight is 475 g/mol. The molecule has 0 saturated heterocycles. The Hall–Kier alpha value is -2.95. The Morgan fingerprint density at radius 1 is 1.16 bits per heavy atom. The minimum atomic E-state index is -0.792. The molecule has 160 valence electrons. The van der Waals surface area contributed by atoms with Crippen molar-refractivity contribution < 1.29 is 19.1 Å². The highest BCUT2D eigenvalue weighted by atomic mass is 32.1. The van der Waals surface area contributed by atoms with E-state index in [1.807, 2.05) is 35.0 Å². The second-order valence-corrected chi connectivity index (χ2v) is 9.43. The fourth-order valence-corrected chi connectivity index (χ4v) is 6.14. The molecule has 0 aliphatic carbocycles. The number of thiazole rings is 1. The minimum Gasteiger partial charge on any atom is -0.466 e. The second-order valence-electron chi connectivity index (χ2n) is 6.44. The van der Waals surface area contributed by atoms with E-state index in [4.69, 9.17) is 15.2 Å². The van der Waals surface area contributed by atoms with Crippen LogP contribution in [0.2, 0.25) is 0 Å². The molecule has 0 amide bonds. The Kier molecular flexibility index (Phi) is 5.94. The number of methoxy groups -OCH3 is 1. The molecule has 0 spiro atoms. The number of hydrogen-bond donors (Lipinski definition) is 1. The summed E-state index contributed by atoms with van der Waals surface area (Å²) in [5.41, 5.74) is 6.21. The average Bonchev–Trinajstić information content (AvgIpc) is 3.50. The minimum absolute atomic E-state index is 0.0413. The third kappa shape index (κ3) is 3.67. The van der Waals surface area contributed by atoms with Crippen LogP contribution in [-0.2, 0) is 19.1 Å². The Morgan fingerprint density at radius 2 is 1.90 bits per heavy atom. The van der Waals surface area contributed by atoms with E-state index in [0.29, 0.717) is 9.20 Å². The maximum Gasteiger partial charge on any atom is 0.338 e. The Balaban J connectivity index is 2.13. The molecule has 0 saturated carbocycles. The third-order valence-electron chi connectivity index (χ3n) is 4.69. The topological polar surface area (TPSA) is 101 Å². The molecule has 31 heavy (non-hydrogen) atoms. The monoisotopic (exact) mass is 474 g/mol. The van der Waals surface area contributed by atoms with Crippen LogP contribution in [0.3, 0.4) is 0 Å². The van der Waals surface area contributed by atoms with Crippen LogP contribution in [0.25, 0.3) is 17.5 Å². The summed E-state index contributed by atoms with van der Waals surface area (Å²) >= 11 is 4.01. The van der Waals surface area contributed by atoms with Gasteiger partial charge in [-0.05, 0) is 35.9 Å². The van der Waals surface area contributed by atoms with Gasteiger partial charge in [-0.15, -0.1) is 34.0 Å². The van der Waals surface area contributed by atoms with Crippen molar-refractivity contribution in [2.45, 2.75) is 12.8 Å². The first-order valence-corrected chi connectivity index (χ1v) is 11.9. The molecular weight excluding hydrogens is 456 g/mol. The molecule has 1 aliphatic heterocycles. The predicted molar refractivity (Wildman–Crippen MR) is 122 cm³/mol. The lowest BCUT2D eigenvalue weighted by Gasteiger charge is -2.25. The number of nitrogens with two attached hydrogens (primary N) is 1. The number of ether oxygens (including phenoxy) is 2. The van der Waals surface area contributed by atoms with Gasteiger partial charge in [0.05, 0.1) is 35.3 Å². The first kappa shape index (κ1) is 21.3. The lowest BCUT2D eigenvalue weighted by Crippen LogP contribution is -2.41. The van der Waals surface area contributed by atoms with Crippen molar-refractivity contribution in [1.29, 1.82) is 0 Å². The van der Waals surface area contributed by atoms with E-state index in [9.17, 15) is 14.4 Å². The maximum atomic E-state index is 13.2. The van der Waals surface area contributed by atoms with Crippen molar-refractivity contribution in [3.05, 3.63) is 69.9 Å². The highest BCUT2D eigenvalue weighted by Gasteiger charge is 2.40. The van der Waals surface area contributed by atoms with Gasteiger partial charge in [0.2, 0.25) is 0 Å². The van der Waals surface area contributed by atoms with Gasteiger partial charge >= 0.3 is 11.9 Å².